The van der Waals surface area contributed by atoms with Crippen LogP contribution >= 0.6 is 0 Å². The number of rotatable bonds is 23. The second kappa shape index (κ2) is 20.5. The summed E-state index contributed by atoms with van der Waals surface area (Å²) >= 11 is 0. The predicted octanol–water partition coefficient (Wildman–Crippen LogP) is 6.10. The molecule has 0 aliphatic carbocycles. The quantitative estimate of drug-likeness (QED) is 0.191. The van der Waals surface area contributed by atoms with Crippen LogP contribution < -0.4 is 0 Å². The maximum absolute atomic E-state index is 11.8. The average molecular weight is 427 g/mol. The molecule has 174 valence electrons. The van der Waals surface area contributed by atoms with Crippen molar-refractivity contribution in [2.75, 3.05) is 0 Å². The van der Waals surface area contributed by atoms with E-state index >= 15 is 0 Å². The van der Waals surface area contributed by atoms with Gasteiger partial charge in [-0.3, -0.25) is 19.2 Å². The van der Waals surface area contributed by atoms with Gasteiger partial charge in [-0.15, -0.1) is 0 Å². The molecule has 0 radical (unpaired) electrons. The van der Waals surface area contributed by atoms with E-state index in [0.29, 0.717) is 50.1 Å². The van der Waals surface area contributed by atoms with Crippen molar-refractivity contribution in [2.45, 2.75) is 128 Å². The number of carboxylic acids is 2. The summed E-state index contributed by atoms with van der Waals surface area (Å²) in [5.74, 6) is -0.929. The van der Waals surface area contributed by atoms with E-state index in [9.17, 15) is 19.2 Å². The maximum atomic E-state index is 11.8. The Kier molecular flexibility index (Phi) is 19.4. The van der Waals surface area contributed by atoms with Crippen LogP contribution in [0.3, 0.4) is 0 Å². The Morgan fingerprint density at radius 2 is 0.533 bits per heavy atom. The number of ketones is 2. The molecule has 0 spiro atoms. The Balaban J connectivity index is 3.28. The molecule has 0 atom stereocenters. The van der Waals surface area contributed by atoms with Crippen molar-refractivity contribution in [2.24, 2.45) is 0 Å². The minimum atomic E-state index is -0.767. The molecule has 0 aromatic carbocycles. The van der Waals surface area contributed by atoms with Crippen molar-refractivity contribution in [3.05, 3.63) is 0 Å². The summed E-state index contributed by atoms with van der Waals surface area (Å²) in [6.07, 6.45) is 16.2. The molecular weight excluding hydrogens is 384 g/mol. The molecule has 2 N–H and O–H groups in total. The lowest BCUT2D eigenvalue weighted by atomic mass is 10.0. The van der Waals surface area contributed by atoms with Crippen molar-refractivity contribution in [1.82, 2.24) is 0 Å². The molecule has 0 saturated heterocycles. The van der Waals surface area contributed by atoms with Gasteiger partial charge in [-0.05, 0) is 38.5 Å². The molecule has 0 bridgehead atoms. The maximum Gasteiger partial charge on any atom is 0.303 e. The second-order valence-corrected chi connectivity index (χ2v) is 8.31. The molecule has 0 unspecified atom stereocenters. The van der Waals surface area contributed by atoms with E-state index in [4.69, 9.17) is 10.2 Å². The molecule has 0 heterocycles. The lowest BCUT2D eigenvalue weighted by molar-refractivity contribution is -0.138. The van der Waals surface area contributed by atoms with Crippen LogP contribution in [-0.4, -0.2) is 33.7 Å². The van der Waals surface area contributed by atoms with Gasteiger partial charge in [0, 0.05) is 38.5 Å². The summed E-state index contributed by atoms with van der Waals surface area (Å²) in [5, 5.41) is 17.1. The number of carbonyl (C=O) groups excluding carboxylic acids is 2. The highest BCUT2D eigenvalue weighted by atomic mass is 16.4. The summed E-state index contributed by atoms with van der Waals surface area (Å²) in [7, 11) is 0. The third-order valence-corrected chi connectivity index (χ3v) is 5.35. The summed E-state index contributed by atoms with van der Waals surface area (Å²) in [4.78, 5) is 44.3. The largest absolute Gasteiger partial charge is 0.481 e. The molecule has 6 nitrogen and oxygen atoms in total. The van der Waals surface area contributed by atoms with Crippen LogP contribution in [0.2, 0.25) is 0 Å². The number of carbonyl (C=O) groups is 4. The van der Waals surface area contributed by atoms with E-state index in [1.165, 1.54) is 12.8 Å². The molecule has 30 heavy (non-hydrogen) atoms. The van der Waals surface area contributed by atoms with Gasteiger partial charge in [-0.2, -0.15) is 0 Å². The summed E-state index contributed by atoms with van der Waals surface area (Å²) in [5.41, 5.74) is 0. The summed E-state index contributed by atoms with van der Waals surface area (Å²) in [6, 6.07) is 0. The Morgan fingerprint density at radius 1 is 0.333 bits per heavy atom. The third kappa shape index (κ3) is 22.6. The first-order valence-corrected chi connectivity index (χ1v) is 11.9. The molecule has 0 fully saturated rings. The van der Waals surface area contributed by atoms with E-state index in [1.54, 1.807) is 0 Å². The SMILES string of the molecule is O=C(O)CCCCCC(=O)CCCCCCCCCCC(=O)CCCCCC(=O)O. The fourth-order valence-electron chi connectivity index (χ4n) is 3.51. The van der Waals surface area contributed by atoms with Crippen LogP contribution in [0.4, 0.5) is 0 Å². The zero-order valence-corrected chi connectivity index (χ0v) is 18.7. The van der Waals surface area contributed by atoms with Crippen LogP contribution in [-0.2, 0) is 19.2 Å². The van der Waals surface area contributed by atoms with E-state index in [2.05, 4.69) is 0 Å². The van der Waals surface area contributed by atoms with Crippen molar-refractivity contribution >= 4 is 23.5 Å². The van der Waals surface area contributed by atoms with E-state index in [1.807, 2.05) is 0 Å². The lowest BCUT2D eigenvalue weighted by Crippen LogP contribution is -1.99. The van der Waals surface area contributed by atoms with Crippen LogP contribution in [0, 0.1) is 0 Å². The topological polar surface area (TPSA) is 109 Å². The van der Waals surface area contributed by atoms with Gasteiger partial charge in [-0.25, -0.2) is 0 Å². The molecule has 0 amide bonds. The highest BCUT2D eigenvalue weighted by Gasteiger charge is 2.04. The monoisotopic (exact) mass is 426 g/mol. The number of aliphatic carboxylic acids is 2. The van der Waals surface area contributed by atoms with Crippen molar-refractivity contribution in [3.8, 4) is 0 Å². The Hall–Kier alpha value is -1.72. The van der Waals surface area contributed by atoms with Crippen molar-refractivity contribution in [1.29, 1.82) is 0 Å². The zero-order valence-electron chi connectivity index (χ0n) is 18.7. The number of unbranched alkanes of at least 4 members (excludes halogenated alkanes) is 11. The molecule has 0 aliphatic rings. The highest BCUT2D eigenvalue weighted by Crippen LogP contribution is 2.13. The number of carboxylic acid groups (broad SMARTS) is 2. The molecule has 6 heteroatoms. The summed E-state index contributed by atoms with van der Waals surface area (Å²) in [6.45, 7) is 0. The molecule has 0 aromatic rings. The minimum absolute atomic E-state index is 0.195. The summed E-state index contributed by atoms with van der Waals surface area (Å²) < 4.78 is 0. The molecule has 0 aliphatic heterocycles. The van der Waals surface area contributed by atoms with Gasteiger partial charge in [0.2, 0.25) is 0 Å². The first-order chi connectivity index (χ1) is 14.4. The van der Waals surface area contributed by atoms with Gasteiger partial charge >= 0.3 is 11.9 Å². The lowest BCUT2D eigenvalue weighted by Gasteiger charge is -2.04. The van der Waals surface area contributed by atoms with Gasteiger partial charge in [-0.1, -0.05) is 51.4 Å². The zero-order chi connectivity index (χ0) is 22.5. The van der Waals surface area contributed by atoms with Gasteiger partial charge in [0.1, 0.15) is 11.6 Å². The first-order valence-electron chi connectivity index (χ1n) is 11.9. The van der Waals surface area contributed by atoms with E-state index in [0.717, 1.165) is 64.2 Å². The van der Waals surface area contributed by atoms with Gasteiger partial charge in [0.25, 0.3) is 0 Å². The van der Waals surface area contributed by atoms with Crippen molar-refractivity contribution < 1.29 is 29.4 Å². The molecule has 0 rings (SSSR count). The van der Waals surface area contributed by atoms with Crippen LogP contribution in [0.25, 0.3) is 0 Å². The molecular formula is C24H42O6. The van der Waals surface area contributed by atoms with Gasteiger partial charge in [0.15, 0.2) is 0 Å². The highest BCUT2D eigenvalue weighted by molar-refractivity contribution is 5.78. The Bertz CT molecular complexity index is 442. The molecule has 0 saturated carbocycles. The fraction of sp³-hybridized carbons (Fsp3) is 0.833. The number of hydrogen-bond acceptors (Lipinski definition) is 4. The van der Waals surface area contributed by atoms with Crippen molar-refractivity contribution in [3.63, 3.8) is 0 Å². The Morgan fingerprint density at radius 3 is 0.800 bits per heavy atom. The van der Waals surface area contributed by atoms with E-state index in [-0.39, 0.29) is 12.8 Å². The van der Waals surface area contributed by atoms with E-state index < -0.39 is 11.9 Å². The third-order valence-electron chi connectivity index (χ3n) is 5.35. The first kappa shape index (κ1) is 28.3. The second-order valence-electron chi connectivity index (χ2n) is 8.31. The minimum Gasteiger partial charge on any atom is -0.481 e. The number of hydrogen-bond donors (Lipinski definition) is 2. The predicted molar refractivity (Wildman–Crippen MR) is 118 cm³/mol. The standard InChI is InChI=1S/C24H42O6/c25-21(17-11-7-13-19-23(27)28)15-9-5-3-1-2-4-6-10-16-22(26)18-12-8-14-20-24(29)30/h1-20H2,(H,27,28)(H,29,30). The van der Waals surface area contributed by atoms with Crippen LogP contribution in [0.5, 0.6) is 0 Å². The van der Waals surface area contributed by atoms with Gasteiger partial charge in [0.05, 0.1) is 0 Å². The normalized spacial score (nSPS) is 10.8. The molecule has 0 aromatic heterocycles. The average Bonchev–Trinajstić information content (AvgIpc) is 2.68. The van der Waals surface area contributed by atoms with Gasteiger partial charge < -0.3 is 10.2 Å². The fourth-order valence-corrected chi connectivity index (χ4v) is 3.51. The van der Waals surface area contributed by atoms with Crippen LogP contribution in [0.1, 0.15) is 128 Å². The number of Topliss-reactive ketones (excluding diaryl/α,β-unsaturated/α-hetero) is 2. The smallest absolute Gasteiger partial charge is 0.303 e. The Labute approximate surface area is 181 Å². The van der Waals surface area contributed by atoms with Crippen LogP contribution in [0.15, 0.2) is 0 Å².